The van der Waals surface area contributed by atoms with Gasteiger partial charge in [0, 0.05) is 38.9 Å². The summed E-state index contributed by atoms with van der Waals surface area (Å²) in [6.45, 7) is 7.40. The number of likely N-dealkylation sites (N-methyl/N-ethyl adjacent to an activating group) is 1. The van der Waals surface area contributed by atoms with Gasteiger partial charge < -0.3 is 19.9 Å². The van der Waals surface area contributed by atoms with Crippen molar-refractivity contribution in [2.75, 3.05) is 51.7 Å². The minimum absolute atomic E-state index is 0.0684. The zero-order valence-corrected chi connectivity index (χ0v) is 16.1. The van der Waals surface area contributed by atoms with Crippen molar-refractivity contribution in [2.24, 2.45) is 0 Å². The number of nitrogens with zero attached hydrogens (tertiary/aromatic N) is 3. The molecule has 0 unspecified atom stereocenters. The molecule has 1 aliphatic heterocycles. The molecule has 6 nitrogen and oxygen atoms in total. The number of carbonyl (C=O) groups excluding carboxylic acids is 1. The van der Waals surface area contributed by atoms with Crippen molar-refractivity contribution in [1.82, 2.24) is 14.8 Å². The van der Waals surface area contributed by atoms with Crippen LogP contribution in [0.5, 0.6) is 5.75 Å². The average molecular weight is 368 g/mol. The molecule has 1 aromatic carbocycles. The van der Waals surface area contributed by atoms with Crippen molar-refractivity contribution in [3.63, 3.8) is 0 Å². The number of benzene rings is 1. The number of rotatable bonds is 7. The van der Waals surface area contributed by atoms with Gasteiger partial charge in [-0.15, -0.1) is 0 Å². The van der Waals surface area contributed by atoms with Crippen LogP contribution in [0.4, 0.5) is 5.82 Å². The Bertz CT molecular complexity index is 740. The highest BCUT2D eigenvalue weighted by Crippen LogP contribution is 2.18. The Balaban J connectivity index is 1.50. The molecule has 0 atom stereocenters. The second-order valence-electron chi connectivity index (χ2n) is 6.65. The molecule has 1 aliphatic rings. The third-order valence-corrected chi connectivity index (χ3v) is 5.01. The predicted octanol–water partition coefficient (Wildman–Crippen LogP) is 2.52. The first kappa shape index (κ1) is 19.2. The maximum Gasteiger partial charge on any atom is 0.255 e. The Hall–Kier alpha value is -2.60. The molecule has 0 spiro atoms. The number of amides is 1. The Morgan fingerprint density at radius 2 is 1.93 bits per heavy atom. The van der Waals surface area contributed by atoms with Crippen LogP contribution in [-0.4, -0.2) is 67.1 Å². The molecule has 27 heavy (non-hydrogen) atoms. The van der Waals surface area contributed by atoms with Crippen LogP contribution in [0, 0.1) is 0 Å². The molecule has 0 bridgehead atoms. The number of para-hydroxylation sites is 1. The van der Waals surface area contributed by atoms with Crippen molar-refractivity contribution in [1.29, 1.82) is 0 Å². The number of carbonyl (C=O) groups is 1. The molecular formula is C21H28N4O2. The Morgan fingerprint density at radius 1 is 1.15 bits per heavy atom. The first-order valence-electron chi connectivity index (χ1n) is 9.54. The zero-order chi connectivity index (χ0) is 19.1. The van der Waals surface area contributed by atoms with Gasteiger partial charge in [-0.2, -0.15) is 0 Å². The summed E-state index contributed by atoms with van der Waals surface area (Å²) in [5.74, 6) is 1.74. The fraction of sp³-hybridized carbons (Fsp3) is 0.429. The number of hydrogen-bond acceptors (Lipinski definition) is 5. The fourth-order valence-electron chi connectivity index (χ4n) is 3.31. The number of methoxy groups -OCH3 is 1. The number of ether oxygens (including phenoxy) is 1. The normalized spacial score (nSPS) is 14.8. The standard InChI is InChI=1S/C21H28N4O2/c1-3-24-12-14-25(15-13-24)21(26)18-8-9-20(23-16-18)22-11-10-17-6-4-5-7-19(17)27-2/h4-9,16H,3,10-15H2,1-2H3,(H,22,23). The summed E-state index contributed by atoms with van der Waals surface area (Å²) in [7, 11) is 1.69. The van der Waals surface area contributed by atoms with Gasteiger partial charge in [-0.3, -0.25) is 4.79 Å². The van der Waals surface area contributed by atoms with E-state index in [-0.39, 0.29) is 5.91 Å². The molecule has 0 saturated carbocycles. The topological polar surface area (TPSA) is 57.7 Å². The van der Waals surface area contributed by atoms with Gasteiger partial charge in [-0.25, -0.2) is 4.98 Å². The molecule has 3 rings (SSSR count). The van der Waals surface area contributed by atoms with Crippen molar-refractivity contribution >= 4 is 11.7 Å². The van der Waals surface area contributed by atoms with Crippen molar-refractivity contribution in [3.05, 3.63) is 53.7 Å². The van der Waals surface area contributed by atoms with Gasteiger partial charge in [0.15, 0.2) is 0 Å². The van der Waals surface area contributed by atoms with Gasteiger partial charge in [0.1, 0.15) is 11.6 Å². The molecular weight excluding hydrogens is 340 g/mol. The second kappa shape index (κ2) is 9.37. The third kappa shape index (κ3) is 4.98. The molecule has 1 amide bonds. The van der Waals surface area contributed by atoms with E-state index in [9.17, 15) is 4.79 Å². The third-order valence-electron chi connectivity index (χ3n) is 5.01. The lowest BCUT2D eigenvalue weighted by Gasteiger charge is -2.34. The molecule has 2 heterocycles. The van der Waals surface area contributed by atoms with Gasteiger partial charge >= 0.3 is 0 Å². The number of aromatic nitrogens is 1. The van der Waals surface area contributed by atoms with Crippen LogP contribution >= 0.6 is 0 Å². The maximum atomic E-state index is 12.6. The lowest BCUT2D eigenvalue weighted by atomic mass is 10.1. The van der Waals surface area contributed by atoms with E-state index in [1.807, 2.05) is 35.2 Å². The molecule has 2 aromatic rings. The highest BCUT2D eigenvalue weighted by atomic mass is 16.5. The van der Waals surface area contributed by atoms with E-state index in [1.54, 1.807) is 13.3 Å². The van der Waals surface area contributed by atoms with Crippen LogP contribution in [0.3, 0.4) is 0 Å². The van der Waals surface area contributed by atoms with Crippen LogP contribution in [0.2, 0.25) is 0 Å². The number of nitrogens with one attached hydrogen (secondary N) is 1. The zero-order valence-electron chi connectivity index (χ0n) is 16.1. The van der Waals surface area contributed by atoms with E-state index >= 15 is 0 Å². The quantitative estimate of drug-likeness (QED) is 0.814. The van der Waals surface area contributed by atoms with E-state index in [0.29, 0.717) is 5.56 Å². The van der Waals surface area contributed by atoms with Crippen molar-refractivity contribution in [3.8, 4) is 5.75 Å². The van der Waals surface area contributed by atoms with Crippen LogP contribution in [0.25, 0.3) is 0 Å². The first-order chi connectivity index (χ1) is 13.2. The lowest BCUT2D eigenvalue weighted by Crippen LogP contribution is -2.48. The molecule has 144 valence electrons. The number of pyridine rings is 1. The molecule has 1 N–H and O–H groups in total. The smallest absolute Gasteiger partial charge is 0.255 e. The van der Waals surface area contributed by atoms with E-state index in [2.05, 4.69) is 28.2 Å². The number of hydrogen-bond donors (Lipinski definition) is 1. The fourth-order valence-corrected chi connectivity index (χ4v) is 3.31. The van der Waals surface area contributed by atoms with Gasteiger partial charge in [0.05, 0.1) is 12.7 Å². The van der Waals surface area contributed by atoms with Gasteiger partial charge in [-0.05, 0) is 36.7 Å². The molecule has 0 radical (unpaired) electrons. The highest BCUT2D eigenvalue weighted by molar-refractivity contribution is 5.94. The summed E-state index contributed by atoms with van der Waals surface area (Å²) in [5, 5.41) is 3.31. The maximum absolute atomic E-state index is 12.6. The SMILES string of the molecule is CCN1CCN(C(=O)c2ccc(NCCc3ccccc3OC)nc2)CC1. The molecule has 1 saturated heterocycles. The van der Waals surface area contributed by atoms with Crippen LogP contribution in [0.1, 0.15) is 22.8 Å². The van der Waals surface area contributed by atoms with Gasteiger partial charge in [-0.1, -0.05) is 25.1 Å². The Kier molecular flexibility index (Phi) is 6.65. The summed E-state index contributed by atoms with van der Waals surface area (Å²) in [6, 6.07) is 11.7. The summed E-state index contributed by atoms with van der Waals surface area (Å²) >= 11 is 0. The molecule has 1 fully saturated rings. The first-order valence-corrected chi connectivity index (χ1v) is 9.54. The van der Waals surface area contributed by atoms with Crippen LogP contribution in [-0.2, 0) is 6.42 Å². The second-order valence-corrected chi connectivity index (χ2v) is 6.65. The monoisotopic (exact) mass is 368 g/mol. The predicted molar refractivity (Wildman–Crippen MR) is 107 cm³/mol. The van der Waals surface area contributed by atoms with Crippen molar-refractivity contribution in [2.45, 2.75) is 13.3 Å². The lowest BCUT2D eigenvalue weighted by molar-refractivity contribution is 0.0643. The average Bonchev–Trinajstić information content (AvgIpc) is 2.74. The van der Waals surface area contributed by atoms with Gasteiger partial charge in [0.25, 0.3) is 5.91 Å². The number of anilines is 1. The minimum Gasteiger partial charge on any atom is -0.496 e. The van der Waals surface area contributed by atoms with E-state index < -0.39 is 0 Å². The summed E-state index contributed by atoms with van der Waals surface area (Å²) in [6.07, 6.45) is 2.51. The van der Waals surface area contributed by atoms with Crippen LogP contribution in [0.15, 0.2) is 42.6 Å². The Labute approximate surface area is 161 Å². The van der Waals surface area contributed by atoms with Crippen molar-refractivity contribution < 1.29 is 9.53 Å². The molecule has 1 aromatic heterocycles. The molecule has 6 heteroatoms. The van der Waals surface area contributed by atoms with E-state index in [1.165, 1.54) is 0 Å². The summed E-state index contributed by atoms with van der Waals surface area (Å²) < 4.78 is 5.37. The Morgan fingerprint density at radius 3 is 2.59 bits per heavy atom. The highest BCUT2D eigenvalue weighted by Gasteiger charge is 2.21. The minimum atomic E-state index is 0.0684. The summed E-state index contributed by atoms with van der Waals surface area (Å²) in [5.41, 5.74) is 1.81. The largest absolute Gasteiger partial charge is 0.496 e. The van der Waals surface area contributed by atoms with Crippen LogP contribution < -0.4 is 10.1 Å². The number of piperazine rings is 1. The molecule has 0 aliphatic carbocycles. The van der Waals surface area contributed by atoms with E-state index in [4.69, 9.17) is 4.74 Å². The van der Waals surface area contributed by atoms with Gasteiger partial charge in [0.2, 0.25) is 0 Å². The summed E-state index contributed by atoms with van der Waals surface area (Å²) in [4.78, 5) is 21.3. The van der Waals surface area contributed by atoms with E-state index in [0.717, 1.165) is 62.8 Å².